The Bertz CT molecular complexity index is 1500. The van der Waals surface area contributed by atoms with E-state index in [1.807, 2.05) is 84.9 Å². The van der Waals surface area contributed by atoms with Crippen LogP contribution in [0.25, 0.3) is 0 Å². The van der Waals surface area contributed by atoms with Gasteiger partial charge in [0.2, 0.25) is 0 Å². The van der Waals surface area contributed by atoms with Crippen molar-refractivity contribution in [1.29, 1.82) is 0 Å². The lowest BCUT2D eigenvalue weighted by molar-refractivity contribution is -0.0956. The van der Waals surface area contributed by atoms with Crippen LogP contribution in [0.4, 0.5) is 0 Å². The summed E-state index contributed by atoms with van der Waals surface area (Å²) < 4.78 is 27.2. The number of hydrogen-bond acceptors (Lipinski definition) is 7. The molecule has 4 aromatic rings. The largest absolute Gasteiger partial charge is 0.497 e. The van der Waals surface area contributed by atoms with Gasteiger partial charge in [-0.1, -0.05) is 72.8 Å². The van der Waals surface area contributed by atoms with Crippen LogP contribution in [0.3, 0.4) is 0 Å². The van der Waals surface area contributed by atoms with Crippen LogP contribution in [0, 0.1) is 5.92 Å². The molecule has 1 fully saturated rings. The van der Waals surface area contributed by atoms with Gasteiger partial charge in [-0.3, -0.25) is 14.3 Å². The van der Waals surface area contributed by atoms with Crippen molar-refractivity contribution in [1.82, 2.24) is 9.55 Å². The standard InChI is InChI=1S/C31H32N2O7/c1-20(34)27-28(36)25(40-29(27)33-18-17-26(35)32-30(33)37)19-39-31(21-9-5-3-6-10-21,22-11-7-4-8-12-22)23-13-15-24(38-2)16-14-23/h3-18,20,25,27-29,34,36H,19H2,1-2H3,(H,32,35,37)/t20-,25-,27-,28-,29-/m1/s1/i1D. The minimum absolute atomic E-state index is 0.132. The quantitative estimate of drug-likeness (QED) is 0.277. The van der Waals surface area contributed by atoms with Gasteiger partial charge < -0.3 is 24.4 Å². The fourth-order valence-electron chi connectivity index (χ4n) is 5.33. The second-order valence-electron chi connectivity index (χ2n) is 9.67. The molecular weight excluding hydrogens is 512 g/mol. The first-order valence-electron chi connectivity index (χ1n) is 13.6. The predicted molar refractivity (Wildman–Crippen MR) is 148 cm³/mol. The molecular formula is C31H32N2O7. The Labute approximate surface area is 232 Å². The molecule has 0 aliphatic carbocycles. The van der Waals surface area contributed by atoms with Crippen LogP contribution in [0.15, 0.2) is 107 Å². The van der Waals surface area contributed by atoms with Gasteiger partial charge in [0.25, 0.3) is 5.56 Å². The number of nitrogens with one attached hydrogen (secondary N) is 1. The molecule has 1 aromatic heterocycles. The van der Waals surface area contributed by atoms with Gasteiger partial charge in [-0.15, -0.1) is 0 Å². The Hall–Kier alpha value is -4.02. The van der Waals surface area contributed by atoms with Crippen molar-refractivity contribution in [2.24, 2.45) is 5.92 Å². The fourth-order valence-corrected chi connectivity index (χ4v) is 5.33. The van der Waals surface area contributed by atoms with Gasteiger partial charge in [-0.2, -0.15) is 0 Å². The van der Waals surface area contributed by atoms with Gasteiger partial charge in [-0.25, -0.2) is 4.79 Å². The van der Waals surface area contributed by atoms with Gasteiger partial charge in [-0.05, 0) is 35.7 Å². The lowest BCUT2D eigenvalue weighted by atomic mass is 9.80. The van der Waals surface area contributed by atoms with Crippen LogP contribution in [0.2, 0.25) is 0 Å². The van der Waals surface area contributed by atoms with Crippen molar-refractivity contribution in [2.75, 3.05) is 13.7 Å². The first kappa shape index (κ1) is 26.2. The van der Waals surface area contributed by atoms with Crippen LogP contribution in [0.5, 0.6) is 5.75 Å². The molecule has 1 aliphatic rings. The summed E-state index contributed by atoms with van der Waals surface area (Å²) in [6.07, 6.45) is -3.43. The van der Waals surface area contributed by atoms with Crippen molar-refractivity contribution >= 4 is 0 Å². The summed E-state index contributed by atoms with van der Waals surface area (Å²) in [5.74, 6) is -0.340. The molecule has 5 rings (SSSR count). The second-order valence-corrected chi connectivity index (χ2v) is 9.67. The lowest BCUT2D eigenvalue weighted by Crippen LogP contribution is -2.40. The summed E-state index contributed by atoms with van der Waals surface area (Å²) in [5, 5.41) is 22.0. The highest BCUT2D eigenvalue weighted by Gasteiger charge is 2.49. The first-order chi connectivity index (χ1) is 19.9. The number of aromatic nitrogens is 2. The van der Waals surface area contributed by atoms with Crippen molar-refractivity contribution < 1.29 is 25.8 Å². The zero-order valence-corrected chi connectivity index (χ0v) is 21.9. The summed E-state index contributed by atoms with van der Waals surface area (Å²) >= 11 is 0. The maximum absolute atomic E-state index is 12.6. The van der Waals surface area contributed by atoms with E-state index in [2.05, 4.69) is 4.98 Å². The topological polar surface area (TPSA) is 123 Å². The third-order valence-corrected chi connectivity index (χ3v) is 7.31. The van der Waals surface area contributed by atoms with Crippen LogP contribution in [-0.2, 0) is 15.1 Å². The van der Waals surface area contributed by atoms with E-state index < -0.39 is 54.2 Å². The molecule has 0 spiro atoms. The normalized spacial score (nSPS) is 22.0. The summed E-state index contributed by atoms with van der Waals surface area (Å²) in [6.45, 7) is -0.552. The Balaban J connectivity index is 1.57. The van der Waals surface area contributed by atoms with Gasteiger partial charge >= 0.3 is 5.69 Å². The zero-order valence-electron chi connectivity index (χ0n) is 22.9. The molecule has 2 heterocycles. The first-order valence-corrected chi connectivity index (χ1v) is 12.9. The maximum atomic E-state index is 12.6. The number of aromatic amines is 1. The maximum Gasteiger partial charge on any atom is 0.330 e. The van der Waals surface area contributed by atoms with E-state index in [9.17, 15) is 19.8 Å². The van der Waals surface area contributed by atoms with Crippen LogP contribution >= 0.6 is 0 Å². The number of benzene rings is 3. The molecule has 1 saturated heterocycles. The number of aliphatic hydroxyl groups excluding tert-OH is 2. The SMILES string of the molecule is [2H]C[C@@H](O)[C@@H]1[C@H](O)[C@@H](COC(c2ccccc2)(c2ccccc2)c2ccc(OC)cc2)O[C@H]1n1ccc(=O)[nH]c1=O. The molecule has 0 amide bonds. The van der Waals surface area contributed by atoms with Crippen molar-refractivity contribution in [3.05, 3.63) is 135 Å². The van der Waals surface area contributed by atoms with E-state index in [0.717, 1.165) is 27.3 Å². The predicted octanol–water partition coefficient (Wildman–Crippen LogP) is 2.81. The molecule has 3 aromatic carbocycles. The molecule has 3 N–H and O–H groups in total. The molecule has 9 heteroatoms. The zero-order chi connectivity index (χ0) is 29.0. The number of rotatable bonds is 9. The molecule has 5 atom stereocenters. The van der Waals surface area contributed by atoms with E-state index in [0.29, 0.717) is 5.75 Å². The number of methoxy groups -OCH3 is 1. The third-order valence-electron chi connectivity index (χ3n) is 7.31. The van der Waals surface area contributed by atoms with E-state index in [1.54, 1.807) is 7.11 Å². The summed E-state index contributed by atoms with van der Waals surface area (Å²) in [7, 11) is 1.60. The minimum Gasteiger partial charge on any atom is -0.497 e. The number of hydrogen-bond donors (Lipinski definition) is 3. The van der Waals surface area contributed by atoms with Crippen LogP contribution in [0.1, 0.15) is 31.2 Å². The Morgan fingerprint density at radius 2 is 1.57 bits per heavy atom. The molecule has 9 nitrogen and oxygen atoms in total. The highest BCUT2D eigenvalue weighted by atomic mass is 16.6. The lowest BCUT2D eigenvalue weighted by Gasteiger charge is -2.37. The van der Waals surface area contributed by atoms with Gasteiger partial charge in [0.1, 0.15) is 23.7 Å². The number of ether oxygens (including phenoxy) is 3. The van der Waals surface area contributed by atoms with E-state index in [-0.39, 0.29) is 6.61 Å². The smallest absolute Gasteiger partial charge is 0.330 e. The van der Waals surface area contributed by atoms with E-state index >= 15 is 0 Å². The van der Waals surface area contributed by atoms with E-state index in [4.69, 9.17) is 15.6 Å². The Kier molecular flexibility index (Phi) is 7.61. The summed E-state index contributed by atoms with van der Waals surface area (Å²) in [5.41, 5.74) is 0.00473. The Morgan fingerprint density at radius 3 is 2.12 bits per heavy atom. The molecule has 0 unspecified atom stereocenters. The van der Waals surface area contributed by atoms with Gasteiger partial charge in [0.05, 0.1) is 31.8 Å². The van der Waals surface area contributed by atoms with Crippen molar-refractivity contribution in [2.45, 2.75) is 37.0 Å². The van der Waals surface area contributed by atoms with Crippen molar-refractivity contribution in [3.63, 3.8) is 0 Å². The molecule has 0 bridgehead atoms. The Morgan fingerprint density at radius 1 is 0.975 bits per heavy atom. The highest BCUT2D eigenvalue weighted by Crippen LogP contribution is 2.43. The average Bonchev–Trinajstić information content (AvgIpc) is 3.33. The number of H-pyrrole nitrogens is 1. The van der Waals surface area contributed by atoms with Gasteiger partial charge in [0, 0.05) is 13.6 Å². The van der Waals surface area contributed by atoms with Crippen molar-refractivity contribution in [3.8, 4) is 5.75 Å². The average molecular weight is 546 g/mol. The number of nitrogens with zero attached hydrogens (tertiary/aromatic N) is 1. The van der Waals surface area contributed by atoms with Gasteiger partial charge in [0.15, 0.2) is 0 Å². The fraction of sp³-hybridized carbons (Fsp3) is 0.290. The monoisotopic (exact) mass is 545 g/mol. The highest BCUT2D eigenvalue weighted by molar-refractivity contribution is 5.48. The van der Waals surface area contributed by atoms with Crippen LogP contribution < -0.4 is 16.0 Å². The third kappa shape index (κ3) is 5.12. The molecule has 0 saturated carbocycles. The van der Waals surface area contributed by atoms with Crippen LogP contribution in [-0.4, -0.2) is 51.8 Å². The summed E-state index contributed by atoms with van der Waals surface area (Å²) in [4.78, 5) is 26.4. The molecule has 1 aliphatic heterocycles. The summed E-state index contributed by atoms with van der Waals surface area (Å²) in [6, 6.07) is 28.0. The molecule has 0 radical (unpaired) electrons. The molecule has 208 valence electrons. The van der Waals surface area contributed by atoms with E-state index in [1.165, 1.54) is 6.20 Å². The second kappa shape index (κ2) is 11.6. The number of aliphatic hydroxyl groups is 2. The minimum atomic E-state index is -1.30. The molecule has 40 heavy (non-hydrogen) atoms.